The number of carboxylic acid groups (broad SMARTS) is 1. The normalized spacial score (nSPS) is 21.6. The molecule has 0 aliphatic heterocycles. The molecule has 1 aliphatic rings. The molecule has 2 aromatic rings. The second-order valence-corrected chi connectivity index (χ2v) is 6.63. The number of halogens is 1. The van der Waals surface area contributed by atoms with E-state index in [1.54, 1.807) is 18.2 Å². The average Bonchev–Trinajstić information content (AvgIpc) is 3.03. The predicted octanol–water partition coefficient (Wildman–Crippen LogP) is 3.39. The Morgan fingerprint density at radius 1 is 1.33 bits per heavy atom. The van der Waals surface area contributed by atoms with Crippen molar-refractivity contribution in [1.29, 1.82) is 0 Å². The Balaban J connectivity index is 1.70. The van der Waals surface area contributed by atoms with Crippen molar-refractivity contribution in [3.05, 3.63) is 23.2 Å². The van der Waals surface area contributed by atoms with Gasteiger partial charge in [0.2, 0.25) is 5.91 Å². The van der Waals surface area contributed by atoms with Gasteiger partial charge in [-0.15, -0.1) is 0 Å². The van der Waals surface area contributed by atoms with Crippen molar-refractivity contribution in [2.45, 2.75) is 19.3 Å². The fourth-order valence-electron chi connectivity index (χ4n) is 2.60. The monoisotopic (exact) mass is 324 g/mol. The van der Waals surface area contributed by atoms with E-state index in [9.17, 15) is 9.59 Å². The number of aromatic nitrogens is 1. The number of carboxylic acids is 1. The zero-order valence-corrected chi connectivity index (χ0v) is 12.6. The first-order valence-electron chi connectivity index (χ1n) is 6.62. The van der Waals surface area contributed by atoms with Crippen molar-refractivity contribution in [1.82, 2.24) is 4.98 Å². The van der Waals surface area contributed by atoms with E-state index >= 15 is 0 Å². The van der Waals surface area contributed by atoms with Gasteiger partial charge in [0.25, 0.3) is 0 Å². The molecule has 0 saturated heterocycles. The molecule has 2 atom stereocenters. The van der Waals surface area contributed by atoms with Crippen molar-refractivity contribution >= 4 is 50.2 Å². The van der Waals surface area contributed by atoms with Gasteiger partial charge in [-0.2, -0.15) is 0 Å². The summed E-state index contributed by atoms with van der Waals surface area (Å²) < 4.78 is 0.910. The third kappa shape index (κ3) is 3.01. The van der Waals surface area contributed by atoms with E-state index in [0.29, 0.717) is 29.4 Å². The molecular weight excluding hydrogens is 312 g/mol. The number of nitrogens with one attached hydrogen (secondary N) is 1. The van der Waals surface area contributed by atoms with Crippen LogP contribution in [0.15, 0.2) is 18.2 Å². The molecule has 1 aromatic heterocycles. The molecule has 1 saturated carbocycles. The molecule has 0 spiro atoms. The Hall–Kier alpha value is -1.66. The van der Waals surface area contributed by atoms with Gasteiger partial charge in [0.1, 0.15) is 0 Å². The van der Waals surface area contributed by atoms with Crippen LogP contribution < -0.4 is 5.32 Å². The van der Waals surface area contributed by atoms with Gasteiger partial charge in [-0.05, 0) is 37.5 Å². The third-order valence-corrected chi connectivity index (χ3v) is 4.90. The van der Waals surface area contributed by atoms with Gasteiger partial charge in [0, 0.05) is 10.9 Å². The number of carbonyl (C=O) groups is 2. The van der Waals surface area contributed by atoms with Crippen molar-refractivity contribution in [3.8, 4) is 0 Å². The quantitative estimate of drug-likeness (QED) is 0.907. The number of amides is 1. The Bertz CT molecular complexity index is 715. The Labute approximate surface area is 129 Å². The molecule has 2 unspecified atom stereocenters. The van der Waals surface area contributed by atoms with Crippen LogP contribution in [0.5, 0.6) is 0 Å². The number of hydrogen-bond donors (Lipinski definition) is 2. The zero-order chi connectivity index (χ0) is 15.0. The van der Waals surface area contributed by atoms with Crippen LogP contribution in [0.1, 0.15) is 19.3 Å². The minimum absolute atomic E-state index is 0.149. The fourth-order valence-corrected chi connectivity index (χ4v) is 3.75. The highest BCUT2D eigenvalue weighted by atomic mass is 35.5. The second kappa shape index (κ2) is 5.61. The summed E-state index contributed by atoms with van der Waals surface area (Å²) in [6, 6.07) is 5.36. The summed E-state index contributed by atoms with van der Waals surface area (Å²) in [4.78, 5) is 27.4. The van der Waals surface area contributed by atoms with Gasteiger partial charge in [-0.1, -0.05) is 22.9 Å². The largest absolute Gasteiger partial charge is 0.481 e. The number of hydrogen-bond acceptors (Lipinski definition) is 4. The van der Waals surface area contributed by atoms with Crippen molar-refractivity contribution < 1.29 is 14.7 Å². The summed E-state index contributed by atoms with van der Waals surface area (Å²) in [5.41, 5.74) is 0.787. The molecule has 2 N–H and O–H groups in total. The molecule has 0 bridgehead atoms. The highest BCUT2D eigenvalue weighted by Gasteiger charge is 2.34. The SMILES string of the molecule is O=C(O)C1CCC(C(=O)Nc2nc3ccc(Cl)cc3s2)C1. The number of anilines is 1. The zero-order valence-electron chi connectivity index (χ0n) is 11.0. The van der Waals surface area contributed by atoms with E-state index in [1.165, 1.54) is 11.3 Å². The van der Waals surface area contributed by atoms with Gasteiger partial charge in [0.15, 0.2) is 5.13 Å². The van der Waals surface area contributed by atoms with E-state index in [-0.39, 0.29) is 11.8 Å². The number of thiazole rings is 1. The minimum atomic E-state index is -0.820. The van der Waals surface area contributed by atoms with E-state index in [2.05, 4.69) is 10.3 Å². The van der Waals surface area contributed by atoms with Crippen LogP contribution in [0.25, 0.3) is 10.2 Å². The van der Waals surface area contributed by atoms with Crippen LogP contribution in [-0.4, -0.2) is 22.0 Å². The second-order valence-electron chi connectivity index (χ2n) is 5.17. The lowest BCUT2D eigenvalue weighted by Crippen LogP contribution is -2.21. The van der Waals surface area contributed by atoms with E-state index < -0.39 is 11.9 Å². The maximum atomic E-state index is 12.2. The number of rotatable bonds is 3. The highest BCUT2D eigenvalue weighted by molar-refractivity contribution is 7.22. The maximum absolute atomic E-state index is 12.2. The van der Waals surface area contributed by atoms with Crippen LogP contribution in [0.2, 0.25) is 5.02 Å². The molecule has 1 fully saturated rings. The molecule has 110 valence electrons. The molecule has 1 aromatic carbocycles. The number of aliphatic carboxylic acids is 1. The molecule has 1 heterocycles. The number of fused-ring (bicyclic) bond motifs is 1. The van der Waals surface area contributed by atoms with Crippen LogP contribution >= 0.6 is 22.9 Å². The molecule has 3 rings (SSSR count). The summed E-state index contributed by atoms with van der Waals surface area (Å²) in [5.74, 6) is -1.62. The lowest BCUT2D eigenvalue weighted by molar-refractivity contribution is -0.141. The molecule has 5 nitrogen and oxygen atoms in total. The van der Waals surface area contributed by atoms with Crippen LogP contribution in [0.4, 0.5) is 5.13 Å². The van der Waals surface area contributed by atoms with Gasteiger partial charge in [0.05, 0.1) is 16.1 Å². The Kier molecular flexibility index (Phi) is 3.82. The highest BCUT2D eigenvalue weighted by Crippen LogP contribution is 2.33. The first-order chi connectivity index (χ1) is 10.0. The van der Waals surface area contributed by atoms with Gasteiger partial charge >= 0.3 is 5.97 Å². The molecule has 1 amide bonds. The average molecular weight is 325 g/mol. The Morgan fingerprint density at radius 3 is 2.81 bits per heavy atom. The van der Waals surface area contributed by atoms with Gasteiger partial charge in [-0.3, -0.25) is 9.59 Å². The topological polar surface area (TPSA) is 79.3 Å². The first kappa shape index (κ1) is 14.3. The summed E-state index contributed by atoms with van der Waals surface area (Å²) >= 11 is 7.28. The molecule has 1 aliphatic carbocycles. The minimum Gasteiger partial charge on any atom is -0.481 e. The van der Waals surface area contributed by atoms with Crippen molar-refractivity contribution in [2.24, 2.45) is 11.8 Å². The summed E-state index contributed by atoms with van der Waals surface area (Å²) in [5, 5.41) is 12.9. The molecular formula is C14H13ClN2O3S. The van der Waals surface area contributed by atoms with E-state index in [0.717, 1.165) is 10.2 Å². The standard InChI is InChI=1S/C14H13ClN2O3S/c15-9-3-4-10-11(6-9)21-14(16-10)17-12(18)7-1-2-8(5-7)13(19)20/h3-4,6-8H,1-2,5H2,(H,19,20)(H,16,17,18). The van der Waals surface area contributed by atoms with Gasteiger partial charge < -0.3 is 10.4 Å². The number of benzene rings is 1. The predicted molar refractivity (Wildman–Crippen MR) is 81.7 cm³/mol. The number of carbonyl (C=O) groups excluding carboxylic acids is 1. The molecule has 0 radical (unpaired) electrons. The van der Waals surface area contributed by atoms with Crippen LogP contribution in [0.3, 0.4) is 0 Å². The summed E-state index contributed by atoms with van der Waals surface area (Å²) in [7, 11) is 0. The lowest BCUT2D eigenvalue weighted by atomic mass is 10.0. The molecule has 21 heavy (non-hydrogen) atoms. The molecule has 7 heteroatoms. The number of nitrogens with zero attached hydrogens (tertiary/aromatic N) is 1. The van der Waals surface area contributed by atoms with Crippen LogP contribution in [0, 0.1) is 11.8 Å². The maximum Gasteiger partial charge on any atom is 0.306 e. The first-order valence-corrected chi connectivity index (χ1v) is 7.82. The summed E-state index contributed by atoms with van der Waals surface area (Å²) in [6.07, 6.45) is 1.57. The fraction of sp³-hybridized carbons (Fsp3) is 0.357. The van der Waals surface area contributed by atoms with Gasteiger partial charge in [-0.25, -0.2) is 4.98 Å². The third-order valence-electron chi connectivity index (χ3n) is 3.73. The van der Waals surface area contributed by atoms with E-state index in [4.69, 9.17) is 16.7 Å². The lowest BCUT2D eigenvalue weighted by Gasteiger charge is -2.08. The summed E-state index contributed by atoms with van der Waals surface area (Å²) in [6.45, 7) is 0. The smallest absolute Gasteiger partial charge is 0.306 e. The Morgan fingerprint density at radius 2 is 2.10 bits per heavy atom. The van der Waals surface area contributed by atoms with Crippen LogP contribution in [-0.2, 0) is 9.59 Å². The van der Waals surface area contributed by atoms with Crippen molar-refractivity contribution in [2.75, 3.05) is 5.32 Å². The van der Waals surface area contributed by atoms with E-state index in [1.807, 2.05) is 0 Å². The van der Waals surface area contributed by atoms with Crippen molar-refractivity contribution in [3.63, 3.8) is 0 Å².